The number of aromatic amines is 1. The van der Waals surface area contributed by atoms with Crippen molar-refractivity contribution in [3.63, 3.8) is 0 Å². The molecule has 0 aliphatic rings. The standard InChI is InChI=1S/C18H22N4O6/c1-28-13-8-6-12(7-9-13)17-15(22(26)27)11-14(20-17)18(24)19-10-4-2-3-5-16(23)21-25/h6-9,11,20,25H,2-5,10H2,1H3,(H,19,24)(H,21,23). The zero-order valence-corrected chi connectivity index (χ0v) is 15.4. The van der Waals surface area contributed by atoms with Crippen LogP contribution in [0.15, 0.2) is 30.3 Å². The Hall–Kier alpha value is -3.40. The van der Waals surface area contributed by atoms with Crippen LogP contribution in [0.5, 0.6) is 5.75 Å². The zero-order chi connectivity index (χ0) is 20.5. The molecule has 10 heteroatoms. The summed E-state index contributed by atoms with van der Waals surface area (Å²) in [6, 6.07) is 7.90. The van der Waals surface area contributed by atoms with Crippen LogP contribution in [0.25, 0.3) is 11.3 Å². The van der Waals surface area contributed by atoms with E-state index in [2.05, 4.69) is 10.3 Å². The first-order valence-electron chi connectivity index (χ1n) is 8.69. The maximum atomic E-state index is 12.3. The topological polar surface area (TPSA) is 147 Å². The van der Waals surface area contributed by atoms with Gasteiger partial charge < -0.3 is 15.0 Å². The van der Waals surface area contributed by atoms with E-state index in [4.69, 9.17) is 9.94 Å². The van der Waals surface area contributed by atoms with E-state index in [0.29, 0.717) is 37.1 Å². The number of H-pyrrole nitrogens is 1. The van der Waals surface area contributed by atoms with Crippen LogP contribution in [-0.2, 0) is 4.79 Å². The van der Waals surface area contributed by atoms with E-state index in [-0.39, 0.29) is 23.5 Å². The number of hydrogen-bond donors (Lipinski definition) is 4. The van der Waals surface area contributed by atoms with Gasteiger partial charge in [0.15, 0.2) is 0 Å². The molecule has 1 aromatic carbocycles. The number of rotatable bonds is 10. The van der Waals surface area contributed by atoms with Crippen LogP contribution < -0.4 is 15.5 Å². The second-order valence-electron chi connectivity index (χ2n) is 6.03. The van der Waals surface area contributed by atoms with Gasteiger partial charge in [-0.05, 0) is 37.1 Å². The van der Waals surface area contributed by atoms with Crippen LogP contribution in [0.4, 0.5) is 5.69 Å². The van der Waals surface area contributed by atoms with Crippen LogP contribution in [0.2, 0.25) is 0 Å². The number of amides is 2. The lowest BCUT2D eigenvalue weighted by molar-refractivity contribution is -0.384. The molecule has 0 unspecified atom stereocenters. The predicted molar refractivity (Wildman–Crippen MR) is 100 cm³/mol. The Kier molecular flexibility index (Phi) is 7.52. The highest BCUT2D eigenvalue weighted by Gasteiger charge is 2.22. The van der Waals surface area contributed by atoms with Gasteiger partial charge in [0.05, 0.1) is 12.0 Å². The number of hydroxylamine groups is 1. The monoisotopic (exact) mass is 390 g/mol. The second kappa shape index (κ2) is 10.1. The predicted octanol–water partition coefficient (Wildman–Crippen LogP) is 2.39. The molecule has 2 rings (SSSR count). The largest absolute Gasteiger partial charge is 0.497 e. The number of benzene rings is 1. The molecule has 10 nitrogen and oxygen atoms in total. The van der Waals surface area contributed by atoms with Crippen molar-refractivity contribution in [1.29, 1.82) is 0 Å². The number of carbonyl (C=O) groups is 2. The van der Waals surface area contributed by atoms with Crippen molar-refractivity contribution in [1.82, 2.24) is 15.8 Å². The maximum absolute atomic E-state index is 12.3. The molecule has 0 spiro atoms. The van der Waals surface area contributed by atoms with E-state index < -0.39 is 16.7 Å². The van der Waals surface area contributed by atoms with Gasteiger partial charge in [-0.1, -0.05) is 6.42 Å². The van der Waals surface area contributed by atoms with E-state index in [0.717, 1.165) is 0 Å². The molecule has 0 atom stereocenters. The van der Waals surface area contributed by atoms with E-state index in [1.54, 1.807) is 29.7 Å². The first-order chi connectivity index (χ1) is 13.5. The molecule has 0 radical (unpaired) electrons. The Labute approximate surface area is 161 Å². The fraction of sp³-hybridized carbons (Fsp3) is 0.333. The first-order valence-corrected chi connectivity index (χ1v) is 8.69. The summed E-state index contributed by atoms with van der Waals surface area (Å²) < 4.78 is 5.08. The molecule has 2 aromatic rings. The molecule has 0 saturated heterocycles. The average Bonchev–Trinajstić information content (AvgIpc) is 3.16. The number of ether oxygens (including phenoxy) is 1. The van der Waals surface area contributed by atoms with Crippen molar-refractivity contribution in [2.75, 3.05) is 13.7 Å². The van der Waals surface area contributed by atoms with Crippen LogP contribution in [-0.4, -0.2) is 40.6 Å². The molecule has 0 aliphatic heterocycles. The third-order valence-corrected chi connectivity index (χ3v) is 4.11. The quantitative estimate of drug-likeness (QED) is 0.212. The molecular weight excluding hydrogens is 368 g/mol. The molecule has 0 aliphatic carbocycles. The molecule has 1 heterocycles. The molecule has 4 N–H and O–H groups in total. The summed E-state index contributed by atoms with van der Waals surface area (Å²) in [5.41, 5.74) is 2.27. The third-order valence-electron chi connectivity index (χ3n) is 4.11. The van der Waals surface area contributed by atoms with Crippen molar-refractivity contribution in [3.05, 3.63) is 46.1 Å². The Morgan fingerprint density at radius 2 is 1.93 bits per heavy atom. The summed E-state index contributed by atoms with van der Waals surface area (Å²) in [5, 5.41) is 22.4. The minimum atomic E-state index is -0.543. The smallest absolute Gasteiger partial charge is 0.295 e. The summed E-state index contributed by atoms with van der Waals surface area (Å²) in [6.45, 7) is 0.365. The lowest BCUT2D eigenvalue weighted by Crippen LogP contribution is -2.24. The van der Waals surface area contributed by atoms with Crippen molar-refractivity contribution in [3.8, 4) is 17.0 Å². The normalized spacial score (nSPS) is 10.4. The third kappa shape index (κ3) is 5.55. The van der Waals surface area contributed by atoms with E-state index in [1.807, 2.05) is 0 Å². The minimum absolute atomic E-state index is 0.0946. The number of carbonyl (C=O) groups excluding carboxylic acids is 2. The number of aromatic nitrogens is 1. The van der Waals surface area contributed by atoms with E-state index in [9.17, 15) is 19.7 Å². The number of hydrogen-bond acceptors (Lipinski definition) is 6. The second-order valence-corrected chi connectivity index (χ2v) is 6.03. The highest BCUT2D eigenvalue weighted by molar-refractivity contribution is 5.95. The number of nitro groups is 1. The lowest BCUT2D eigenvalue weighted by atomic mass is 10.1. The van der Waals surface area contributed by atoms with Crippen molar-refractivity contribution in [2.24, 2.45) is 0 Å². The molecule has 28 heavy (non-hydrogen) atoms. The summed E-state index contributed by atoms with van der Waals surface area (Å²) in [6.07, 6.45) is 2.12. The molecule has 0 bridgehead atoms. The van der Waals surface area contributed by atoms with Gasteiger partial charge in [-0.15, -0.1) is 0 Å². The summed E-state index contributed by atoms with van der Waals surface area (Å²) in [7, 11) is 1.52. The average molecular weight is 390 g/mol. The maximum Gasteiger partial charge on any atom is 0.295 e. The van der Waals surface area contributed by atoms with Gasteiger partial charge in [0.1, 0.15) is 17.1 Å². The minimum Gasteiger partial charge on any atom is -0.497 e. The summed E-state index contributed by atoms with van der Waals surface area (Å²) in [4.78, 5) is 36.8. The van der Waals surface area contributed by atoms with Crippen LogP contribution in [0.1, 0.15) is 36.2 Å². The molecule has 1 aromatic heterocycles. The van der Waals surface area contributed by atoms with Crippen LogP contribution in [0, 0.1) is 10.1 Å². The number of nitrogens with one attached hydrogen (secondary N) is 3. The fourth-order valence-electron chi connectivity index (χ4n) is 2.63. The van der Waals surface area contributed by atoms with Crippen molar-refractivity contribution in [2.45, 2.75) is 25.7 Å². The molecule has 150 valence electrons. The molecule has 0 saturated carbocycles. The fourth-order valence-corrected chi connectivity index (χ4v) is 2.63. The summed E-state index contributed by atoms with van der Waals surface area (Å²) in [5.74, 6) is -0.280. The van der Waals surface area contributed by atoms with Crippen LogP contribution in [0.3, 0.4) is 0 Å². The van der Waals surface area contributed by atoms with Gasteiger partial charge in [-0.3, -0.25) is 24.9 Å². The highest BCUT2D eigenvalue weighted by atomic mass is 16.6. The number of unbranched alkanes of at least 4 members (excludes halogenated alkanes) is 2. The van der Waals surface area contributed by atoms with Gasteiger partial charge in [0, 0.05) is 24.6 Å². The molecular formula is C18H22N4O6. The van der Waals surface area contributed by atoms with Gasteiger partial charge in [-0.2, -0.15) is 0 Å². The molecule has 2 amide bonds. The van der Waals surface area contributed by atoms with Gasteiger partial charge in [-0.25, -0.2) is 5.48 Å². The van der Waals surface area contributed by atoms with Gasteiger partial charge in [0.25, 0.3) is 11.6 Å². The lowest BCUT2D eigenvalue weighted by Gasteiger charge is -2.04. The highest BCUT2D eigenvalue weighted by Crippen LogP contribution is 2.31. The summed E-state index contributed by atoms with van der Waals surface area (Å²) >= 11 is 0. The SMILES string of the molecule is COc1ccc(-c2[nH]c(C(=O)NCCCCCC(=O)NO)cc2[N+](=O)[O-])cc1. The Balaban J connectivity index is 1.98. The van der Waals surface area contributed by atoms with Gasteiger partial charge in [0.2, 0.25) is 5.91 Å². The van der Waals surface area contributed by atoms with Gasteiger partial charge >= 0.3 is 0 Å². The Morgan fingerprint density at radius 3 is 2.54 bits per heavy atom. The Bertz CT molecular complexity index is 831. The van der Waals surface area contributed by atoms with E-state index in [1.165, 1.54) is 13.2 Å². The number of methoxy groups -OCH3 is 1. The zero-order valence-electron chi connectivity index (χ0n) is 15.4. The van der Waals surface area contributed by atoms with E-state index >= 15 is 0 Å². The van der Waals surface area contributed by atoms with Crippen molar-refractivity contribution < 1.29 is 24.5 Å². The molecule has 0 fully saturated rings. The first kappa shape index (κ1) is 20.9. The van der Waals surface area contributed by atoms with Crippen LogP contribution >= 0.6 is 0 Å². The Morgan fingerprint density at radius 1 is 1.21 bits per heavy atom. The number of nitrogens with zero attached hydrogens (tertiary/aromatic N) is 1. The van der Waals surface area contributed by atoms with Crippen molar-refractivity contribution >= 4 is 17.5 Å².